The fourth-order valence-corrected chi connectivity index (χ4v) is 6.65. The van der Waals surface area contributed by atoms with Gasteiger partial charge in [0, 0.05) is 30.5 Å². The van der Waals surface area contributed by atoms with Gasteiger partial charge in [0.15, 0.2) is 5.82 Å². The number of nitrogens with one attached hydrogen (secondary N) is 1. The number of aromatic nitrogens is 5. The minimum absolute atomic E-state index is 0.00675. The maximum Gasteiger partial charge on any atom is 0.319 e. The number of aliphatic hydroxyl groups excluding tert-OH is 1. The Morgan fingerprint density at radius 2 is 2.12 bits per heavy atom. The second-order valence-corrected chi connectivity index (χ2v) is 11.1. The Morgan fingerprint density at radius 3 is 2.98 bits per heavy atom. The van der Waals surface area contributed by atoms with Crippen LogP contribution >= 0.6 is 0 Å². The molecule has 0 spiro atoms. The third-order valence-corrected chi connectivity index (χ3v) is 8.72. The van der Waals surface area contributed by atoms with Gasteiger partial charge in [0.05, 0.1) is 30.4 Å². The van der Waals surface area contributed by atoms with E-state index in [0.717, 1.165) is 41.4 Å². The molecule has 3 aromatic heterocycles. The molecule has 0 radical (unpaired) electrons. The third kappa shape index (κ3) is 3.87. The molecule has 210 valence electrons. The van der Waals surface area contributed by atoms with E-state index >= 15 is 4.39 Å². The van der Waals surface area contributed by atoms with Crippen LogP contribution in [-0.2, 0) is 0 Å². The van der Waals surface area contributed by atoms with E-state index in [1.54, 1.807) is 6.20 Å². The lowest BCUT2D eigenvalue weighted by molar-refractivity contribution is 0.107. The zero-order chi connectivity index (χ0) is 27.6. The van der Waals surface area contributed by atoms with E-state index in [0.29, 0.717) is 36.3 Å². The Hall–Kier alpha value is -3.64. The molecule has 2 fully saturated rings. The number of hydrogen-bond acceptors (Lipinski definition) is 9. The molecule has 2 N–H and O–H groups in total. The number of aromatic amines is 1. The second kappa shape index (κ2) is 9.48. The lowest BCUT2D eigenvalue weighted by Gasteiger charge is -2.31. The molecular formula is C28H31F2N7O3. The van der Waals surface area contributed by atoms with Gasteiger partial charge in [-0.25, -0.2) is 13.8 Å². The summed E-state index contributed by atoms with van der Waals surface area (Å²) in [4.78, 5) is 17.9. The zero-order valence-corrected chi connectivity index (χ0v) is 22.5. The number of hydrogen-bond donors (Lipinski definition) is 2. The van der Waals surface area contributed by atoms with Crippen LogP contribution in [0.15, 0.2) is 12.3 Å². The van der Waals surface area contributed by atoms with Gasteiger partial charge < -0.3 is 19.5 Å². The molecule has 7 rings (SSSR count). The fraction of sp³-hybridized carbons (Fsp3) is 0.500. The van der Waals surface area contributed by atoms with Gasteiger partial charge in [-0.3, -0.25) is 10.00 Å². The minimum Gasteiger partial charge on any atom is -0.475 e. The predicted molar refractivity (Wildman–Crippen MR) is 145 cm³/mol. The third-order valence-electron chi connectivity index (χ3n) is 8.72. The number of pyridine rings is 1. The van der Waals surface area contributed by atoms with Crippen LogP contribution in [0.25, 0.3) is 33.1 Å². The molecule has 2 atom stereocenters. The molecule has 0 saturated carbocycles. The largest absolute Gasteiger partial charge is 0.475 e. The first-order valence-corrected chi connectivity index (χ1v) is 13.7. The smallest absolute Gasteiger partial charge is 0.319 e. The van der Waals surface area contributed by atoms with Crippen LogP contribution in [0, 0.1) is 19.7 Å². The highest BCUT2D eigenvalue weighted by molar-refractivity contribution is 6.01. The number of alkyl halides is 1. The highest BCUT2D eigenvalue weighted by Crippen LogP contribution is 2.43. The van der Waals surface area contributed by atoms with Gasteiger partial charge >= 0.3 is 6.01 Å². The first-order valence-electron chi connectivity index (χ1n) is 13.7. The van der Waals surface area contributed by atoms with Crippen LogP contribution in [0.3, 0.4) is 0 Å². The quantitative estimate of drug-likeness (QED) is 0.372. The lowest BCUT2D eigenvalue weighted by atomic mass is 9.95. The summed E-state index contributed by atoms with van der Waals surface area (Å²) in [6, 6.07) is 1.98. The molecule has 0 amide bonds. The SMILES string of the molecule is Cc1cc2[nH]ncc2c(-c2nc3c4c(nc(OC[C@@]56CCCN5C[C@H](F)C6)nc4c2F)N(CCO)CCO3)c1C. The zero-order valence-electron chi connectivity index (χ0n) is 22.5. The first kappa shape index (κ1) is 25.3. The number of halogens is 2. The van der Waals surface area contributed by atoms with Crippen molar-refractivity contribution in [3.63, 3.8) is 0 Å². The van der Waals surface area contributed by atoms with E-state index in [2.05, 4.69) is 30.0 Å². The molecule has 4 aromatic rings. The van der Waals surface area contributed by atoms with E-state index < -0.39 is 17.5 Å². The number of anilines is 1. The Balaban J connectivity index is 1.40. The standard InChI is InChI=1S/C28H31F2N7O3/c1-15-10-19-18(12-31-35-19)20(16(15)2)23-22(30)24-21-25(36(6-8-38)7-9-39-26(21)32-23)34-27(33-24)40-14-28-4-3-5-37(28)13-17(29)11-28/h10,12,17,38H,3-9,11,13-14H2,1-2H3,(H,31,35)/t17-,28+/m1/s1. The Labute approximate surface area is 229 Å². The summed E-state index contributed by atoms with van der Waals surface area (Å²) < 4.78 is 43.2. The molecule has 2 saturated heterocycles. The van der Waals surface area contributed by atoms with E-state index in [1.807, 2.05) is 24.8 Å². The topological polar surface area (TPSA) is 113 Å². The van der Waals surface area contributed by atoms with Gasteiger partial charge in [0.25, 0.3) is 0 Å². The fourth-order valence-electron chi connectivity index (χ4n) is 6.65. The molecule has 12 heteroatoms. The van der Waals surface area contributed by atoms with Gasteiger partial charge in [-0.1, -0.05) is 0 Å². The molecule has 6 heterocycles. The van der Waals surface area contributed by atoms with Gasteiger partial charge in [-0.05, 0) is 50.4 Å². The Morgan fingerprint density at radius 1 is 1.25 bits per heavy atom. The summed E-state index contributed by atoms with van der Waals surface area (Å²) in [5, 5.41) is 18.0. The molecule has 40 heavy (non-hydrogen) atoms. The van der Waals surface area contributed by atoms with Gasteiger partial charge in [0.1, 0.15) is 41.8 Å². The normalized spacial score (nSPS) is 22.6. The predicted octanol–water partition coefficient (Wildman–Crippen LogP) is 3.47. The number of ether oxygens (including phenoxy) is 2. The van der Waals surface area contributed by atoms with Crippen molar-refractivity contribution in [3.8, 4) is 23.1 Å². The number of fused-ring (bicyclic) bond motifs is 2. The summed E-state index contributed by atoms with van der Waals surface area (Å²) in [6.45, 7) is 6.16. The monoisotopic (exact) mass is 551 g/mol. The number of aryl methyl sites for hydroxylation is 1. The molecular weight excluding hydrogens is 520 g/mol. The average Bonchev–Trinajstić information content (AvgIpc) is 3.59. The van der Waals surface area contributed by atoms with Crippen molar-refractivity contribution in [2.75, 3.05) is 50.9 Å². The highest BCUT2D eigenvalue weighted by Gasteiger charge is 2.49. The lowest BCUT2D eigenvalue weighted by Crippen LogP contribution is -2.43. The Kier molecular flexibility index (Phi) is 6.00. The summed E-state index contributed by atoms with van der Waals surface area (Å²) in [5.74, 6) is -0.00435. The van der Waals surface area contributed by atoms with Crippen molar-refractivity contribution >= 4 is 27.6 Å². The van der Waals surface area contributed by atoms with Crippen molar-refractivity contribution in [3.05, 3.63) is 29.2 Å². The number of benzene rings is 1. The van der Waals surface area contributed by atoms with Gasteiger partial charge in [-0.15, -0.1) is 0 Å². The molecule has 0 aliphatic carbocycles. The molecule has 0 bridgehead atoms. The molecule has 0 unspecified atom stereocenters. The van der Waals surface area contributed by atoms with Gasteiger partial charge in [0.2, 0.25) is 5.88 Å². The summed E-state index contributed by atoms with van der Waals surface area (Å²) >= 11 is 0. The number of aliphatic hydroxyl groups is 1. The highest BCUT2D eigenvalue weighted by atomic mass is 19.1. The number of rotatable bonds is 6. The number of H-pyrrole nitrogens is 1. The Bertz CT molecular complexity index is 1630. The maximum atomic E-state index is 16.6. The van der Waals surface area contributed by atoms with Crippen molar-refractivity contribution in [1.82, 2.24) is 30.0 Å². The van der Waals surface area contributed by atoms with Crippen LogP contribution in [0.1, 0.15) is 30.4 Å². The average molecular weight is 552 g/mol. The van der Waals surface area contributed by atoms with E-state index in [1.165, 1.54) is 0 Å². The van der Waals surface area contributed by atoms with Crippen molar-refractivity contribution < 1.29 is 23.4 Å². The van der Waals surface area contributed by atoms with Crippen molar-refractivity contribution in [2.45, 2.75) is 44.8 Å². The van der Waals surface area contributed by atoms with E-state index in [-0.39, 0.29) is 49.5 Å². The number of nitrogens with zero attached hydrogens (tertiary/aromatic N) is 6. The maximum absolute atomic E-state index is 16.6. The van der Waals surface area contributed by atoms with Crippen LogP contribution < -0.4 is 14.4 Å². The van der Waals surface area contributed by atoms with Crippen molar-refractivity contribution in [2.24, 2.45) is 0 Å². The van der Waals surface area contributed by atoms with E-state index in [4.69, 9.17) is 9.47 Å². The molecule has 3 aliphatic rings. The summed E-state index contributed by atoms with van der Waals surface area (Å²) in [7, 11) is 0. The first-order chi connectivity index (χ1) is 19.4. The molecule has 3 aliphatic heterocycles. The summed E-state index contributed by atoms with van der Waals surface area (Å²) in [6.07, 6.45) is 2.98. The van der Waals surface area contributed by atoms with Gasteiger partial charge in [-0.2, -0.15) is 15.1 Å². The molecule has 10 nitrogen and oxygen atoms in total. The number of β-amino-alcohol motifs (C(OH)–C–C–N with tert-alkyl or cyclic N) is 1. The van der Waals surface area contributed by atoms with Crippen molar-refractivity contribution in [1.29, 1.82) is 0 Å². The van der Waals surface area contributed by atoms with E-state index in [9.17, 15) is 9.50 Å². The van der Waals surface area contributed by atoms with Crippen LogP contribution in [-0.4, -0.2) is 92.9 Å². The minimum atomic E-state index is -0.894. The summed E-state index contributed by atoms with van der Waals surface area (Å²) in [5.41, 5.74) is 2.95. The van der Waals surface area contributed by atoms with Crippen LogP contribution in [0.5, 0.6) is 11.9 Å². The van der Waals surface area contributed by atoms with Crippen LogP contribution in [0.2, 0.25) is 0 Å². The van der Waals surface area contributed by atoms with Crippen LogP contribution in [0.4, 0.5) is 14.6 Å². The molecule has 1 aromatic carbocycles. The second-order valence-electron chi connectivity index (χ2n) is 11.1.